The van der Waals surface area contributed by atoms with E-state index in [1.54, 1.807) is 0 Å². The summed E-state index contributed by atoms with van der Waals surface area (Å²) in [7, 11) is 2.12. The molecule has 1 heterocycles. The Bertz CT molecular complexity index is 203. The van der Waals surface area contributed by atoms with E-state index in [-0.39, 0.29) is 0 Å². The lowest BCUT2D eigenvalue weighted by atomic mass is 9.81. The lowest BCUT2D eigenvalue weighted by Gasteiger charge is -2.43. The van der Waals surface area contributed by atoms with Crippen molar-refractivity contribution in [3.63, 3.8) is 0 Å². The van der Waals surface area contributed by atoms with Gasteiger partial charge in [-0.05, 0) is 51.2 Å². The molecule has 102 valence electrons. The number of likely N-dealkylation sites (N-methyl/N-ethyl adjacent to an activating group) is 1. The minimum Gasteiger partial charge on any atom is -0.315 e. The first-order valence-corrected chi connectivity index (χ1v) is 7.45. The van der Waals surface area contributed by atoms with E-state index in [2.05, 4.69) is 45.0 Å². The van der Waals surface area contributed by atoms with Crippen molar-refractivity contribution in [2.45, 2.75) is 71.9 Å². The molecule has 0 amide bonds. The number of piperidine rings is 1. The molecule has 2 heteroatoms. The molecule has 2 atom stereocenters. The lowest BCUT2D eigenvalue weighted by molar-refractivity contribution is 0.0727. The standard InChI is InChI=1S/C15H32N2/c1-6-8-13(16-5)14(7-2)17-11-9-15(3,4)10-12-17/h13-14,16H,6-12H2,1-5H3. The molecule has 2 nitrogen and oxygen atoms in total. The van der Waals surface area contributed by atoms with Gasteiger partial charge in [-0.1, -0.05) is 34.1 Å². The summed E-state index contributed by atoms with van der Waals surface area (Å²) in [5.74, 6) is 0. The van der Waals surface area contributed by atoms with Crippen LogP contribution in [-0.4, -0.2) is 37.1 Å². The van der Waals surface area contributed by atoms with Gasteiger partial charge in [-0.3, -0.25) is 4.90 Å². The summed E-state index contributed by atoms with van der Waals surface area (Å²) in [6.45, 7) is 12.0. The van der Waals surface area contributed by atoms with E-state index in [1.165, 1.54) is 45.2 Å². The number of rotatable bonds is 6. The lowest BCUT2D eigenvalue weighted by Crippen LogP contribution is -2.52. The molecule has 0 aliphatic carbocycles. The van der Waals surface area contributed by atoms with Gasteiger partial charge in [0.15, 0.2) is 0 Å². The average Bonchev–Trinajstić information content (AvgIpc) is 2.30. The van der Waals surface area contributed by atoms with Crippen molar-refractivity contribution in [1.29, 1.82) is 0 Å². The molecule has 0 aromatic carbocycles. The summed E-state index contributed by atoms with van der Waals surface area (Å²) >= 11 is 0. The van der Waals surface area contributed by atoms with Crippen LogP contribution < -0.4 is 5.32 Å². The van der Waals surface area contributed by atoms with Gasteiger partial charge < -0.3 is 5.32 Å². The Labute approximate surface area is 108 Å². The van der Waals surface area contributed by atoms with Crippen LogP contribution in [0.1, 0.15) is 59.8 Å². The number of likely N-dealkylation sites (tertiary alicyclic amines) is 1. The molecule has 0 spiro atoms. The minimum atomic E-state index is 0.564. The highest BCUT2D eigenvalue weighted by molar-refractivity contribution is 4.87. The summed E-state index contributed by atoms with van der Waals surface area (Å²) in [5.41, 5.74) is 0.564. The maximum atomic E-state index is 3.53. The third-order valence-electron chi connectivity index (χ3n) is 4.47. The van der Waals surface area contributed by atoms with Crippen molar-refractivity contribution in [1.82, 2.24) is 10.2 Å². The number of hydrogen-bond acceptors (Lipinski definition) is 2. The second-order valence-corrected chi connectivity index (χ2v) is 6.36. The fourth-order valence-electron chi connectivity index (χ4n) is 3.10. The Hall–Kier alpha value is -0.0800. The van der Waals surface area contributed by atoms with Crippen LogP contribution >= 0.6 is 0 Å². The third kappa shape index (κ3) is 4.26. The van der Waals surface area contributed by atoms with Crippen LogP contribution in [0.15, 0.2) is 0 Å². The largest absolute Gasteiger partial charge is 0.315 e. The fraction of sp³-hybridized carbons (Fsp3) is 1.00. The monoisotopic (exact) mass is 240 g/mol. The first-order valence-electron chi connectivity index (χ1n) is 7.45. The van der Waals surface area contributed by atoms with Crippen LogP contribution in [0, 0.1) is 5.41 Å². The van der Waals surface area contributed by atoms with E-state index in [0.29, 0.717) is 11.5 Å². The van der Waals surface area contributed by atoms with Gasteiger partial charge in [0, 0.05) is 12.1 Å². The van der Waals surface area contributed by atoms with Crippen molar-refractivity contribution in [3.8, 4) is 0 Å². The SMILES string of the molecule is CCCC(NC)C(CC)N1CCC(C)(C)CC1. The van der Waals surface area contributed by atoms with Crippen molar-refractivity contribution >= 4 is 0 Å². The fourth-order valence-corrected chi connectivity index (χ4v) is 3.10. The Balaban J connectivity index is 2.55. The Morgan fingerprint density at radius 2 is 1.76 bits per heavy atom. The van der Waals surface area contributed by atoms with Crippen LogP contribution in [0.3, 0.4) is 0 Å². The van der Waals surface area contributed by atoms with E-state index in [0.717, 1.165) is 6.04 Å². The predicted octanol–water partition coefficient (Wildman–Crippen LogP) is 3.28. The highest BCUT2D eigenvalue weighted by Gasteiger charge is 2.31. The predicted molar refractivity (Wildman–Crippen MR) is 76.4 cm³/mol. The molecule has 0 radical (unpaired) electrons. The first-order chi connectivity index (χ1) is 8.04. The molecule has 1 N–H and O–H groups in total. The van der Waals surface area contributed by atoms with Gasteiger partial charge in [0.2, 0.25) is 0 Å². The van der Waals surface area contributed by atoms with Crippen LogP contribution in [0.25, 0.3) is 0 Å². The van der Waals surface area contributed by atoms with Crippen molar-refractivity contribution in [3.05, 3.63) is 0 Å². The van der Waals surface area contributed by atoms with Crippen molar-refractivity contribution in [2.24, 2.45) is 5.41 Å². The van der Waals surface area contributed by atoms with E-state index in [4.69, 9.17) is 0 Å². The Kier molecular flexibility index (Phi) is 5.94. The molecular weight excluding hydrogens is 208 g/mol. The van der Waals surface area contributed by atoms with Gasteiger partial charge in [-0.15, -0.1) is 0 Å². The quantitative estimate of drug-likeness (QED) is 0.766. The highest BCUT2D eigenvalue weighted by atomic mass is 15.2. The maximum absolute atomic E-state index is 3.53. The molecule has 1 saturated heterocycles. The molecule has 17 heavy (non-hydrogen) atoms. The zero-order valence-corrected chi connectivity index (χ0v) is 12.6. The molecule has 1 aliphatic rings. The Morgan fingerprint density at radius 3 is 2.18 bits per heavy atom. The van der Waals surface area contributed by atoms with Crippen LogP contribution in [0.4, 0.5) is 0 Å². The highest BCUT2D eigenvalue weighted by Crippen LogP contribution is 2.31. The molecule has 0 bridgehead atoms. The van der Waals surface area contributed by atoms with Gasteiger partial charge >= 0.3 is 0 Å². The molecular formula is C15H32N2. The van der Waals surface area contributed by atoms with E-state index >= 15 is 0 Å². The molecule has 0 aromatic rings. The topological polar surface area (TPSA) is 15.3 Å². The normalized spacial score (nSPS) is 24.5. The molecule has 0 saturated carbocycles. The Morgan fingerprint density at radius 1 is 1.18 bits per heavy atom. The summed E-state index contributed by atoms with van der Waals surface area (Å²) in [5, 5.41) is 3.53. The van der Waals surface area contributed by atoms with Gasteiger partial charge in [0.05, 0.1) is 0 Å². The van der Waals surface area contributed by atoms with Gasteiger partial charge in [0.1, 0.15) is 0 Å². The van der Waals surface area contributed by atoms with Gasteiger partial charge in [-0.25, -0.2) is 0 Å². The van der Waals surface area contributed by atoms with Gasteiger partial charge in [0.25, 0.3) is 0 Å². The van der Waals surface area contributed by atoms with E-state index in [9.17, 15) is 0 Å². The molecule has 1 fully saturated rings. The second-order valence-electron chi connectivity index (χ2n) is 6.36. The molecule has 2 unspecified atom stereocenters. The smallest absolute Gasteiger partial charge is 0.0246 e. The maximum Gasteiger partial charge on any atom is 0.0246 e. The summed E-state index contributed by atoms with van der Waals surface area (Å²) in [6.07, 6.45) is 6.56. The first kappa shape index (κ1) is 15.0. The van der Waals surface area contributed by atoms with Crippen molar-refractivity contribution in [2.75, 3.05) is 20.1 Å². The number of nitrogens with one attached hydrogen (secondary N) is 1. The summed E-state index contributed by atoms with van der Waals surface area (Å²) < 4.78 is 0. The zero-order chi connectivity index (χ0) is 12.9. The van der Waals surface area contributed by atoms with Crippen LogP contribution in [0.2, 0.25) is 0 Å². The van der Waals surface area contributed by atoms with Crippen molar-refractivity contribution < 1.29 is 0 Å². The number of hydrogen-bond donors (Lipinski definition) is 1. The van der Waals surface area contributed by atoms with Crippen LogP contribution in [0.5, 0.6) is 0 Å². The zero-order valence-electron chi connectivity index (χ0n) is 12.6. The third-order valence-corrected chi connectivity index (χ3v) is 4.47. The van der Waals surface area contributed by atoms with E-state index < -0.39 is 0 Å². The van der Waals surface area contributed by atoms with E-state index in [1.807, 2.05) is 0 Å². The van der Waals surface area contributed by atoms with Gasteiger partial charge in [-0.2, -0.15) is 0 Å². The molecule has 0 aromatic heterocycles. The average molecular weight is 240 g/mol. The number of nitrogens with zero attached hydrogens (tertiary/aromatic N) is 1. The molecule has 1 rings (SSSR count). The summed E-state index contributed by atoms with van der Waals surface area (Å²) in [4.78, 5) is 2.72. The second kappa shape index (κ2) is 6.75. The summed E-state index contributed by atoms with van der Waals surface area (Å²) in [6, 6.07) is 1.40. The molecule has 1 aliphatic heterocycles. The minimum absolute atomic E-state index is 0.564. The van der Waals surface area contributed by atoms with Crippen LogP contribution in [-0.2, 0) is 0 Å².